The summed E-state index contributed by atoms with van der Waals surface area (Å²) in [5.41, 5.74) is 11.7. The fraction of sp³-hybridized carbons (Fsp3) is 0.583. The zero-order valence-electron chi connectivity index (χ0n) is 11.9. The monoisotopic (exact) mass is 312 g/mol. The maximum atomic E-state index is 12.0. The van der Waals surface area contributed by atoms with Crippen LogP contribution in [0.4, 0.5) is 10.9 Å². The maximum absolute atomic E-state index is 12.0. The average molecular weight is 312 g/mol. The van der Waals surface area contributed by atoms with Crippen LogP contribution in [0, 0.1) is 0 Å². The van der Waals surface area contributed by atoms with Crippen LogP contribution in [0.25, 0.3) is 0 Å². The molecule has 0 spiro atoms. The van der Waals surface area contributed by atoms with E-state index < -0.39 is 0 Å². The minimum atomic E-state index is -0.273. The Morgan fingerprint density at radius 2 is 2.14 bits per heavy atom. The van der Waals surface area contributed by atoms with E-state index in [1.165, 1.54) is 18.3 Å². The largest absolute Gasteiger partial charge is 0.382 e. The van der Waals surface area contributed by atoms with Gasteiger partial charge < -0.3 is 27.0 Å². The fourth-order valence-corrected chi connectivity index (χ4v) is 3.01. The quantitative estimate of drug-likeness (QED) is 0.524. The van der Waals surface area contributed by atoms with Crippen molar-refractivity contribution in [1.82, 2.24) is 15.6 Å². The third-order valence-corrected chi connectivity index (χ3v) is 4.26. The van der Waals surface area contributed by atoms with E-state index in [1.807, 2.05) is 4.90 Å². The van der Waals surface area contributed by atoms with Crippen LogP contribution in [0.5, 0.6) is 0 Å². The second-order valence-electron chi connectivity index (χ2n) is 4.94. The minimum Gasteiger partial charge on any atom is -0.382 e. The van der Waals surface area contributed by atoms with Gasteiger partial charge in [0.05, 0.1) is 0 Å². The van der Waals surface area contributed by atoms with Crippen molar-refractivity contribution in [2.75, 3.05) is 36.8 Å². The van der Waals surface area contributed by atoms with E-state index in [-0.39, 0.29) is 23.7 Å². The molecule has 1 fully saturated rings. The van der Waals surface area contributed by atoms with E-state index in [9.17, 15) is 9.59 Å². The summed E-state index contributed by atoms with van der Waals surface area (Å²) in [5, 5.41) is 6.03. The number of thiazole rings is 1. The summed E-state index contributed by atoms with van der Waals surface area (Å²) in [7, 11) is 0. The van der Waals surface area contributed by atoms with Crippen LogP contribution < -0.4 is 27.0 Å². The van der Waals surface area contributed by atoms with Crippen molar-refractivity contribution in [1.29, 1.82) is 0 Å². The zero-order chi connectivity index (χ0) is 15.4. The van der Waals surface area contributed by atoms with Gasteiger partial charge in [0, 0.05) is 39.1 Å². The van der Waals surface area contributed by atoms with Crippen LogP contribution >= 0.6 is 11.3 Å². The fourth-order valence-electron chi connectivity index (χ4n) is 2.07. The number of rotatable bonds is 5. The first-order valence-corrected chi connectivity index (χ1v) is 7.58. The van der Waals surface area contributed by atoms with Gasteiger partial charge in [0.25, 0.3) is 5.91 Å². The van der Waals surface area contributed by atoms with Gasteiger partial charge in [-0.05, 0) is 6.42 Å². The number of carbonyl (C=O) groups excluding carboxylic acids is 2. The lowest BCUT2D eigenvalue weighted by Gasteiger charge is -2.12. The van der Waals surface area contributed by atoms with E-state index in [2.05, 4.69) is 15.6 Å². The summed E-state index contributed by atoms with van der Waals surface area (Å²) in [6.45, 7) is 3.72. The van der Waals surface area contributed by atoms with Crippen molar-refractivity contribution in [3.63, 3.8) is 0 Å². The molecule has 116 valence electrons. The molecule has 9 heteroatoms. The second kappa shape index (κ2) is 6.72. The molecule has 1 aromatic rings. The molecular formula is C12H20N6O2S. The van der Waals surface area contributed by atoms with Crippen molar-refractivity contribution < 1.29 is 9.59 Å². The van der Waals surface area contributed by atoms with Crippen LogP contribution in [0.15, 0.2) is 0 Å². The lowest BCUT2D eigenvalue weighted by molar-refractivity contribution is -0.118. The summed E-state index contributed by atoms with van der Waals surface area (Å²) in [6.07, 6.45) is 0.914. The van der Waals surface area contributed by atoms with Crippen molar-refractivity contribution in [2.24, 2.45) is 5.73 Å². The molecule has 8 nitrogen and oxygen atoms in total. The van der Waals surface area contributed by atoms with Crippen LogP contribution in [0.1, 0.15) is 23.0 Å². The molecule has 1 saturated heterocycles. The Balaban J connectivity index is 1.92. The molecule has 0 bridgehead atoms. The number of hydrogen-bond donors (Lipinski definition) is 4. The van der Waals surface area contributed by atoms with Gasteiger partial charge in [-0.25, -0.2) is 4.98 Å². The van der Waals surface area contributed by atoms with Crippen LogP contribution in [-0.4, -0.2) is 49.0 Å². The average Bonchev–Trinajstić information content (AvgIpc) is 3.00. The second-order valence-corrected chi connectivity index (χ2v) is 5.92. The lowest BCUT2D eigenvalue weighted by Crippen LogP contribution is -2.33. The Hall–Kier alpha value is -1.87. The van der Waals surface area contributed by atoms with Crippen LogP contribution in [0.2, 0.25) is 0 Å². The first kappa shape index (κ1) is 15.5. The van der Waals surface area contributed by atoms with Gasteiger partial charge >= 0.3 is 0 Å². The summed E-state index contributed by atoms with van der Waals surface area (Å²) in [6, 6.07) is 0.144. The number of aromatic nitrogens is 1. The topological polar surface area (TPSA) is 126 Å². The van der Waals surface area contributed by atoms with Crippen molar-refractivity contribution in [2.45, 2.75) is 19.4 Å². The van der Waals surface area contributed by atoms with Crippen molar-refractivity contribution >= 4 is 34.1 Å². The molecule has 21 heavy (non-hydrogen) atoms. The molecule has 6 N–H and O–H groups in total. The molecule has 2 rings (SSSR count). The van der Waals surface area contributed by atoms with E-state index >= 15 is 0 Å². The van der Waals surface area contributed by atoms with Crippen molar-refractivity contribution in [3.05, 3.63) is 4.88 Å². The molecule has 1 aliphatic heterocycles. The molecule has 1 atom stereocenters. The van der Waals surface area contributed by atoms with E-state index in [1.54, 1.807) is 0 Å². The number of nitrogens with two attached hydrogens (primary N) is 2. The Morgan fingerprint density at radius 3 is 2.76 bits per heavy atom. The lowest BCUT2D eigenvalue weighted by atomic mass is 10.3. The van der Waals surface area contributed by atoms with Gasteiger partial charge in [0.2, 0.25) is 5.91 Å². The van der Waals surface area contributed by atoms with Gasteiger partial charge in [0.1, 0.15) is 10.7 Å². The molecule has 0 radical (unpaired) electrons. The third kappa shape index (κ3) is 4.05. The Labute approximate surface area is 126 Å². The van der Waals surface area contributed by atoms with E-state index in [0.29, 0.717) is 18.0 Å². The molecule has 1 aromatic heterocycles. The molecule has 2 amide bonds. The highest BCUT2D eigenvalue weighted by Gasteiger charge is 2.24. The SMILES string of the molecule is CC(=O)NCCNC(=O)c1sc(N2CCC(N)C2)nc1N. The summed E-state index contributed by atoms with van der Waals surface area (Å²) < 4.78 is 0. The Bertz CT molecular complexity index is 532. The number of nitrogens with zero attached hydrogens (tertiary/aromatic N) is 2. The Kier molecular flexibility index (Phi) is 4.97. The summed E-state index contributed by atoms with van der Waals surface area (Å²) in [5.74, 6) is -0.174. The van der Waals surface area contributed by atoms with Crippen LogP contribution in [0.3, 0.4) is 0 Å². The Morgan fingerprint density at radius 1 is 1.43 bits per heavy atom. The van der Waals surface area contributed by atoms with Gasteiger partial charge in [0.15, 0.2) is 5.13 Å². The van der Waals surface area contributed by atoms with Gasteiger partial charge in [-0.2, -0.15) is 0 Å². The molecule has 0 aliphatic carbocycles. The maximum Gasteiger partial charge on any atom is 0.265 e. The van der Waals surface area contributed by atoms with Gasteiger partial charge in [-0.15, -0.1) is 0 Å². The van der Waals surface area contributed by atoms with Crippen LogP contribution in [-0.2, 0) is 4.79 Å². The number of carbonyl (C=O) groups is 2. The number of nitrogen functional groups attached to an aromatic ring is 1. The van der Waals surface area contributed by atoms with E-state index in [4.69, 9.17) is 11.5 Å². The molecular weight excluding hydrogens is 292 g/mol. The van der Waals surface area contributed by atoms with Gasteiger partial charge in [-0.1, -0.05) is 11.3 Å². The first-order valence-electron chi connectivity index (χ1n) is 6.77. The third-order valence-electron chi connectivity index (χ3n) is 3.13. The standard InChI is InChI=1S/C12H20N6O2S/c1-7(19)15-3-4-16-11(20)9-10(14)17-12(21-9)18-5-2-8(13)6-18/h8H,2-6,13-14H2,1H3,(H,15,19)(H,16,20). The highest BCUT2D eigenvalue weighted by Crippen LogP contribution is 2.29. The molecule has 0 saturated carbocycles. The molecule has 1 unspecified atom stereocenters. The van der Waals surface area contributed by atoms with E-state index in [0.717, 1.165) is 24.6 Å². The normalized spacial score (nSPS) is 17.8. The molecule has 1 aliphatic rings. The summed E-state index contributed by atoms with van der Waals surface area (Å²) >= 11 is 1.27. The predicted octanol–water partition coefficient (Wildman–Crippen LogP) is -0.871. The highest BCUT2D eigenvalue weighted by molar-refractivity contribution is 7.18. The predicted molar refractivity (Wildman–Crippen MR) is 82.3 cm³/mol. The molecule has 2 heterocycles. The highest BCUT2D eigenvalue weighted by atomic mass is 32.1. The minimum absolute atomic E-state index is 0.130. The van der Waals surface area contributed by atoms with Crippen molar-refractivity contribution in [3.8, 4) is 0 Å². The number of amides is 2. The zero-order valence-corrected chi connectivity index (χ0v) is 12.7. The van der Waals surface area contributed by atoms with Gasteiger partial charge in [-0.3, -0.25) is 9.59 Å². The molecule has 0 aromatic carbocycles. The smallest absolute Gasteiger partial charge is 0.265 e. The first-order chi connectivity index (χ1) is 9.97. The number of hydrogen-bond acceptors (Lipinski definition) is 7. The number of anilines is 2. The number of nitrogens with one attached hydrogen (secondary N) is 2. The summed E-state index contributed by atoms with van der Waals surface area (Å²) in [4.78, 5) is 29.4.